The summed E-state index contributed by atoms with van der Waals surface area (Å²) in [5.74, 6) is 0.340. The fraction of sp³-hybridized carbons (Fsp3) is 0.375. The van der Waals surface area contributed by atoms with Gasteiger partial charge in [-0.1, -0.05) is 0 Å². The van der Waals surface area contributed by atoms with E-state index < -0.39 is 4.92 Å². The van der Waals surface area contributed by atoms with Gasteiger partial charge in [-0.05, 0) is 19.9 Å². The number of aromatic nitrogens is 1. The molecule has 0 aliphatic rings. The zero-order chi connectivity index (χ0) is 9.84. The summed E-state index contributed by atoms with van der Waals surface area (Å²) < 4.78 is 0. The fourth-order valence-electron chi connectivity index (χ4n) is 0.994. The van der Waals surface area contributed by atoms with Gasteiger partial charge in [-0.3, -0.25) is 10.1 Å². The molecule has 13 heavy (non-hydrogen) atoms. The quantitative estimate of drug-likeness (QED) is 0.569. The second-order valence-corrected chi connectivity index (χ2v) is 2.61. The summed E-state index contributed by atoms with van der Waals surface area (Å²) in [5.41, 5.74) is 0.786. The number of hydrogen-bond acceptors (Lipinski definition) is 4. The SMILES string of the molecule is CCNc1nc(C)ccc1[N+](=O)[O-]. The molecule has 5 nitrogen and oxygen atoms in total. The minimum atomic E-state index is -0.440. The van der Waals surface area contributed by atoms with E-state index >= 15 is 0 Å². The van der Waals surface area contributed by atoms with Crippen molar-refractivity contribution in [3.63, 3.8) is 0 Å². The van der Waals surface area contributed by atoms with E-state index in [9.17, 15) is 10.1 Å². The van der Waals surface area contributed by atoms with Gasteiger partial charge in [-0.2, -0.15) is 0 Å². The summed E-state index contributed by atoms with van der Waals surface area (Å²) >= 11 is 0. The number of pyridine rings is 1. The number of aryl methyl sites for hydroxylation is 1. The number of anilines is 1. The lowest BCUT2D eigenvalue weighted by molar-refractivity contribution is -0.384. The molecular weight excluding hydrogens is 170 g/mol. The molecule has 0 amide bonds. The average Bonchev–Trinajstić information content (AvgIpc) is 2.04. The predicted molar refractivity (Wildman–Crippen MR) is 49.8 cm³/mol. The second-order valence-electron chi connectivity index (χ2n) is 2.61. The van der Waals surface area contributed by atoms with Crippen LogP contribution in [0.3, 0.4) is 0 Å². The highest BCUT2D eigenvalue weighted by Gasteiger charge is 2.13. The van der Waals surface area contributed by atoms with Crippen molar-refractivity contribution in [2.75, 3.05) is 11.9 Å². The van der Waals surface area contributed by atoms with Gasteiger partial charge in [0.25, 0.3) is 0 Å². The monoisotopic (exact) mass is 181 g/mol. The van der Waals surface area contributed by atoms with Crippen LogP contribution in [0.25, 0.3) is 0 Å². The first-order valence-electron chi connectivity index (χ1n) is 4.01. The minimum absolute atomic E-state index is 0.0208. The molecule has 70 valence electrons. The van der Waals surface area contributed by atoms with Gasteiger partial charge in [0.1, 0.15) is 0 Å². The standard InChI is InChI=1S/C8H11N3O2/c1-3-9-8-7(11(12)13)5-4-6(2)10-8/h4-5H,3H2,1-2H3,(H,9,10). The maximum atomic E-state index is 10.5. The molecule has 1 heterocycles. The number of nitrogens with zero attached hydrogens (tertiary/aromatic N) is 2. The molecule has 0 bridgehead atoms. The third kappa shape index (κ3) is 2.14. The Morgan fingerprint density at radius 2 is 2.31 bits per heavy atom. The Morgan fingerprint density at radius 1 is 1.62 bits per heavy atom. The molecule has 0 aromatic carbocycles. The third-order valence-corrected chi connectivity index (χ3v) is 1.55. The van der Waals surface area contributed by atoms with Crippen molar-refractivity contribution in [1.29, 1.82) is 0 Å². The molecule has 5 heteroatoms. The molecule has 0 spiro atoms. The third-order valence-electron chi connectivity index (χ3n) is 1.55. The van der Waals surface area contributed by atoms with Crippen molar-refractivity contribution in [1.82, 2.24) is 4.98 Å². The van der Waals surface area contributed by atoms with E-state index in [-0.39, 0.29) is 5.69 Å². The summed E-state index contributed by atoms with van der Waals surface area (Å²) in [4.78, 5) is 14.1. The van der Waals surface area contributed by atoms with Crippen molar-refractivity contribution in [2.24, 2.45) is 0 Å². The molecule has 0 unspecified atom stereocenters. The Balaban J connectivity index is 3.10. The molecule has 0 radical (unpaired) electrons. The number of nitro groups is 1. The topological polar surface area (TPSA) is 68.1 Å². The smallest absolute Gasteiger partial charge is 0.311 e. The van der Waals surface area contributed by atoms with E-state index in [2.05, 4.69) is 10.3 Å². The lowest BCUT2D eigenvalue weighted by atomic mass is 10.3. The summed E-state index contributed by atoms with van der Waals surface area (Å²) in [7, 11) is 0. The molecule has 0 saturated heterocycles. The van der Waals surface area contributed by atoms with E-state index in [4.69, 9.17) is 0 Å². The molecule has 0 fully saturated rings. The zero-order valence-corrected chi connectivity index (χ0v) is 7.57. The van der Waals surface area contributed by atoms with Crippen LogP contribution in [0.4, 0.5) is 11.5 Å². The fourth-order valence-corrected chi connectivity index (χ4v) is 0.994. The molecular formula is C8H11N3O2. The van der Waals surface area contributed by atoms with Gasteiger partial charge >= 0.3 is 5.69 Å². The van der Waals surface area contributed by atoms with Crippen molar-refractivity contribution < 1.29 is 4.92 Å². The Labute approximate surface area is 75.9 Å². The zero-order valence-electron chi connectivity index (χ0n) is 7.57. The number of nitrogens with one attached hydrogen (secondary N) is 1. The van der Waals surface area contributed by atoms with Gasteiger partial charge in [-0.15, -0.1) is 0 Å². The maximum absolute atomic E-state index is 10.5. The molecule has 1 rings (SSSR count). The lowest BCUT2D eigenvalue weighted by Crippen LogP contribution is -2.04. The molecule has 0 atom stereocenters. The Bertz CT molecular complexity index is 325. The lowest BCUT2D eigenvalue weighted by Gasteiger charge is -2.03. The summed E-state index contributed by atoms with van der Waals surface area (Å²) in [6, 6.07) is 3.08. The van der Waals surface area contributed by atoms with E-state index in [1.54, 1.807) is 13.0 Å². The molecule has 0 aliphatic carbocycles. The van der Waals surface area contributed by atoms with Crippen LogP contribution in [0, 0.1) is 17.0 Å². The molecule has 1 aromatic rings. The van der Waals surface area contributed by atoms with Crippen molar-refractivity contribution >= 4 is 11.5 Å². The molecule has 1 N–H and O–H groups in total. The van der Waals surface area contributed by atoms with Crippen molar-refractivity contribution in [3.05, 3.63) is 27.9 Å². The molecule has 0 aliphatic heterocycles. The Hall–Kier alpha value is -1.65. The van der Waals surface area contributed by atoms with Crippen LogP contribution in [-0.2, 0) is 0 Å². The van der Waals surface area contributed by atoms with Crippen LogP contribution in [0.2, 0.25) is 0 Å². The van der Waals surface area contributed by atoms with Gasteiger partial charge in [0, 0.05) is 18.3 Å². The van der Waals surface area contributed by atoms with Crippen LogP contribution >= 0.6 is 0 Å². The minimum Gasteiger partial charge on any atom is -0.365 e. The number of hydrogen-bond donors (Lipinski definition) is 1. The maximum Gasteiger partial charge on any atom is 0.311 e. The molecule has 0 saturated carbocycles. The van der Waals surface area contributed by atoms with Crippen LogP contribution < -0.4 is 5.32 Å². The van der Waals surface area contributed by atoms with Crippen molar-refractivity contribution in [3.8, 4) is 0 Å². The first-order valence-corrected chi connectivity index (χ1v) is 4.01. The van der Waals surface area contributed by atoms with Gasteiger partial charge in [0.15, 0.2) is 0 Å². The highest BCUT2D eigenvalue weighted by atomic mass is 16.6. The average molecular weight is 181 g/mol. The van der Waals surface area contributed by atoms with E-state index in [1.165, 1.54) is 6.07 Å². The summed E-state index contributed by atoms with van der Waals surface area (Å²) in [6.45, 7) is 4.29. The van der Waals surface area contributed by atoms with Gasteiger partial charge in [0.2, 0.25) is 5.82 Å². The van der Waals surface area contributed by atoms with Crippen LogP contribution in [0.1, 0.15) is 12.6 Å². The Kier molecular flexibility index (Phi) is 2.79. The first-order chi connectivity index (χ1) is 6.15. The van der Waals surface area contributed by atoms with E-state index in [0.717, 1.165) is 5.69 Å². The predicted octanol–water partition coefficient (Wildman–Crippen LogP) is 1.73. The number of rotatable bonds is 3. The largest absolute Gasteiger partial charge is 0.365 e. The second kappa shape index (κ2) is 3.84. The van der Waals surface area contributed by atoms with Gasteiger partial charge < -0.3 is 5.32 Å². The summed E-state index contributed by atoms with van der Waals surface area (Å²) in [5, 5.41) is 13.4. The van der Waals surface area contributed by atoms with E-state index in [0.29, 0.717) is 12.4 Å². The first kappa shape index (κ1) is 9.44. The van der Waals surface area contributed by atoms with Gasteiger partial charge in [-0.25, -0.2) is 4.98 Å². The van der Waals surface area contributed by atoms with Crippen LogP contribution in [0.15, 0.2) is 12.1 Å². The molecule has 1 aromatic heterocycles. The van der Waals surface area contributed by atoms with Crippen molar-refractivity contribution in [2.45, 2.75) is 13.8 Å². The van der Waals surface area contributed by atoms with Gasteiger partial charge in [0.05, 0.1) is 4.92 Å². The summed E-state index contributed by atoms with van der Waals surface area (Å²) in [6.07, 6.45) is 0. The van der Waals surface area contributed by atoms with E-state index in [1.807, 2.05) is 6.92 Å². The highest BCUT2D eigenvalue weighted by Crippen LogP contribution is 2.21. The van der Waals surface area contributed by atoms with Crippen LogP contribution in [-0.4, -0.2) is 16.5 Å². The van der Waals surface area contributed by atoms with Crippen LogP contribution in [0.5, 0.6) is 0 Å². The highest BCUT2D eigenvalue weighted by molar-refractivity contribution is 5.55. The Morgan fingerprint density at radius 3 is 2.85 bits per heavy atom. The normalized spacial score (nSPS) is 9.69.